The first-order valence-electron chi connectivity index (χ1n) is 10.2. The quantitative estimate of drug-likeness (QED) is 0.422. The number of anilines is 1. The van der Waals surface area contributed by atoms with Crippen LogP contribution in [0.3, 0.4) is 0 Å². The van der Waals surface area contributed by atoms with Crippen molar-refractivity contribution in [3.05, 3.63) is 94.8 Å². The van der Waals surface area contributed by atoms with Crippen LogP contribution < -0.4 is 10.6 Å². The number of fused-ring (bicyclic) bond motifs is 1. The van der Waals surface area contributed by atoms with E-state index in [-0.39, 0.29) is 23.7 Å². The molecule has 164 valence electrons. The van der Waals surface area contributed by atoms with Gasteiger partial charge < -0.3 is 15.6 Å². The molecule has 0 fully saturated rings. The van der Waals surface area contributed by atoms with Gasteiger partial charge in [-0.1, -0.05) is 6.07 Å². The van der Waals surface area contributed by atoms with Crippen molar-refractivity contribution >= 4 is 17.5 Å². The lowest BCUT2D eigenvalue weighted by molar-refractivity contribution is 0.0965. The fraction of sp³-hybridized carbons (Fsp3) is 0.0800. The molecular weight excluding hydrogens is 426 g/mol. The molecule has 5 rings (SSSR count). The van der Waals surface area contributed by atoms with Gasteiger partial charge in [0.05, 0.1) is 11.3 Å². The predicted molar refractivity (Wildman–Crippen MR) is 120 cm³/mol. The normalized spacial score (nSPS) is 12.4. The predicted octanol–water partition coefficient (Wildman–Crippen LogP) is 4.83. The third kappa shape index (κ3) is 3.76. The lowest BCUT2D eigenvalue weighted by Crippen LogP contribution is -2.13. The maximum absolute atomic E-state index is 15.1. The highest BCUT2D eigenvalue weighted by Crippen LogP contribution is 2.36. The van der Waals surface area contributed by atoms with Crippen molar-refractivity contribution in [2.45, 2.75) is 13.5 Å². The van der Waals surface area contributed by atoms with Crippen molar-refractivity contribution in [2.75, 3.05) is 5.32 Å². The molecule has 0 aliphatic carbocycles. The van der Waals surface area contributed by atoms with Crippen LogP contribution in [-0.2, 0) is 6.54 Å². The standard InChI is InChI=1S/C25H18F2N4O2/c1-13-11-28-23(30-13)19-9-8-17(20-12-29-25(33)22(19)20)18-7-6-16(10-21(18)27)31-24(32)14-2-4-15(26)5-3-14/h2-11H,12H2,1H3,(H,28,30)(H,29,33)(H,31,32). The summed E-state index contributed by atoms with van der Waals surface area (Å²) >= 11 is 0. The number of imidazole rings is 1. The lowest BCUT2D eigenvalue weighted by Gasteiger charge is -2.13. The van der Waals surface area contributed by atoms with Crippen molar-refractivity contribution in [3.8, 4) is 22.5 Å². The maximum atomic E-state index is 15.1. The van der Waals surface area contributed by atoms with Gasteiger partial charge in [0, 0.05) is 35.1 Å². The van der Waals surface area contributed by atoms with Crippen LogP contribution in [0.1, 0.15) is 32.0 Å². The molecule has 0 unspecified atom stereocenters. The molecule has 0 saturated heterocycles. The number of rotatable bonds is 4. The first-order chi connectivity index (χ1) is 15.9. The summed E-state index contributed by atoms with van der Waals surface area (Å²) in [4.78, 5) is 32.4. The topological polar surface area (TPSA) is 86.9 Å². The summed E-state index contributed by atoms with van der Waals surface area (Å²) in [7, 11) is 0. The Balaban J connectivity index is 1.48. The first-order valence-corrected chi connectivity index (χ1v) is 10.2. The molecule has 1 aliphatic rings. The van der Waals surface area contributed by atoms with Gasteiger partial charge in [-0.25, -0.2) is 13.8 Å². The van der Waals surface area contributed by atoms with Crippen LogP contribution in [0.5, 0.6) is 0 Å². The van der Waals surface area contributed by atoms with E-state index in [9.17, 15) is 14.0 Å². The molecule has 0 saturated carbocycles. The first kappa shape index (κ1) is 20.6. The van der Waals surface area contributed by atoms with Crippen molar-refractivity contribution in [2.24, 2.45) is 0 Å². The van der Waals surface area contributed by atoms with Gasteiger partial charge >= 0.3 is 0 Å². The second kappa shape index (κ2) is 7.98. The van der Waals surface area contributed by atoms with Gasteiger partial charge in [0.2, 0.25) is 0 Å². The van der Waals surface area contributed by atoms with Gasteiger partial charge in [-0.15, -0.1) is 0 Å². The molecule has 3 N–H and O–H groups in total. The molecule has 1 aliphatic heterocycles. The highest BCUT2D eigenvalue weighted by molar-refractivity contribution is 6.06. The van der Waals surface area contributed by atoms with Crippen molar-refractivity contribution in [1.82, 2.24) is 15.3 Å². The maximum Gasteiger partial charge on any atom is 0.255 e. The number of aromatic nitrogens is 2. The Bertz CT molecular complexity index is 1410. The van der Waals surface area contributed by atoms with Gasteiger partial charge in [0.25, 0.3) is 11.8 Å². The third-order valence-corrected chi connectivity index (χ3v) is 5.55. The molecule has 4 aromatic rings. The molecule has 2 heterocycles. The molecule has 2 amide bonds. The summed E-state index contributed by atoms with van der Waals surface area (Å²) in [5.41, 5.74) is 4.02. The fourth-order valence-electron chi connectivity index (χ4n) is 3.97. The Labute approximate surface area is 187 Å². The molecule has 0 atom stereocenters. The number of halogens is 2. The molecule has 3 aromatic carbocycles. The highest BCUT2D eigenvalue weighted by Gasteiger charge is 2.28. The molecular formula is C25H18F2N4O2. The van der Waals surface area contributed by atoms with Gasteiger partial charge in [-0.05, 0) is 66.6 Å². The summed E-state index contributed by atoms with van der Waals surface area (Å²) in [6.07, 6.45) is 1.75. The second-order valence-corrected chi connectivity index (χ2v) is 7.74. The number of aromatic amines is 1. The Kier molecular flexibility index (Phi) is 4.97. The van der Waals surface area contributed by atoms with E-state index in [4.69, 9.17) is 0 Å². The minimum Gasteiger partial charge on any atom is -0.348 e. The number of amides is 2. The molecule has 1 aromatic heterocycles. The Morgan fingerprint density at radius 3 is 2.42 bits per heavy atom. The summed E-state index contributed by atoms with van der Waals surface area (Å²) in [6, 6.07) is 12.9. The van der Waals surface area contributed by atoms with Crippen LogP contribution >= 0.6 is 0 Å². The Morgan fingerprint density at radius 2 is 1.73 bits per heavy atom. The average molecular weight is 444 g/mol. The van der Waals surface area contributed by atoms with Crippen LogP contribution in [0, 0.1) is 18.6 Å². The number of hydrogen-bond acceptors (Lipinski definition) is 3. The van der Waals surface area contributed by atoms with Crippen LogP contribution in [0.15, 0.2) is 60.8 Å². The zero-order valence-electron chi connectivity index (χ0n) is 17.5. The van der Waals surface area contributed by atoms with E-state index in [2.05, 4.69) is 20.6 Å². The van der Waals surface area contributed by atoms with Gasteiger partial charge in [-0.3, -0.25) is 9.59 Å². The SMILES string of the molecule is Cc1c[nH]c(-c2ccc(-c3ccc(NC(=O)c4ccc(F)cc4)cc3F)c3c2C(=O)NC3)n1. The van der Waals surface area contributed by atoms with E-state index in [0.717, 1.165) is 5.69 Å². The minimum atomic E-state index is -0.546. The van der Waals surface area contributed by atoms with Crippen LogP contribution in [0.25, 0.3) is 22.5 Å². The summed E-state index contributed by atoms with van der Waals surface area (Å²) in [5, 5.41) is 5.41. The zero-order valence-corrected chi connectivity index (χ0v) is 17.5. The van der Waals surface area contributed by atoms with Crippen LogP contribution in [-0.4, -0.2) is 21.8 Å². The van der Waals surface area contributed by atoms with Crippen molar-refractivity contribution < 1.29 is 18.4 Å². The number of benzene rings is 3. The summed E-state index contributed by atoms with van der Waals surface area (Å²) < 4.78 is 28.2. The molecule has 8 heteroatoms. The molecule has 33 heavy (non-hydrogen) atoms. The fourth-order valence-corrected chi connectivity index (χ4v) is 3.97. The number of hydrogen-bond donors (Lipinski definition) is 3. The number of aryl methyl sites for hydroxylation is 1. The molecule has 6 nitrogen and oxygen atoms in total. The third-order valence-electron chi connectivity index (χ3n) is 5.55. The number of H-pyrrole nitrogens is 1. The molecule has 0 spiro atoms. The summed E-state index contributed by atoms with van der Waals surface area (Å²) in [5.74, 6) is -1.13. The highest BCUT2D eigenvalue weighted by atomic mass is 19.1. The van der Waals surface area contributed by atoms with Crippen molar-refractivity contribution in [1.29, 1.82) is 0 Å². The number of nitrogens with zero attached hydrogens (tertiary/aromatic N) is 1. The van der Waals surface area contributed by atoms with Gasteiger partial charge in [-0.2, -0.15) is 0 Å². The van der Waals surface area contributed by atoms with Crippen LogP contribution in [0.4, 0.5) is 14.5 Å². The van der Waals surface area contributed by atoms with E-state index in [1.807, 2.05) is 6.92 Å². The minimum absolute atomic E-state index is 0.237. The monoisotopic (exact) mass is 444 g/mol. The zero-order chi connectivity index (χ0) is 23.1. The van der Waals surface area contributed by atoms with E-state index in [1.54, 1.807) is 30.5 Å². The number of carbonyl (C=O) groups excluding carboxylic acids is 2. The van der Waals surface area contributed by atoms with E-state index in [0.29, 0.717) is 33.6 Å². The number of nitrogens with one attached hydrogen (secondary N) is 3. The summed E-state index contributed by atoms with van der Waals surface area (Å²) in [6.45, 7) is 2.12. The molecule has 0 bridgehead atoms. The second-order valence-electron chi connectivity index (χ2n) is 7.74. The van der Waals surface area contributed by atoms with Gasteiger partial charge in [0.1, 0.15) is 17.5 Å². The van der Waals surface area contributed by atoms with Gasteiger partial charge in [0.15, 0.2) is 0 Å². The lowest BCUT2D eigenvalue weighted by atomic mass is 9.92. The van der Waals surface area contributed by atoms with E-state index in [1.165, 1.54) is 30.3 Å². The smallest absolute Gasteiger partial charge is 0.255 e. The average Bonchev–Trinajstić information content (AvgIpc) is 3.40. The number of carbonyl (C=O) groups is 2. The van der Waals surface area contributed by atoms with Crippen LogP contribution in [0.2, 0.25) is 0 Å². The Morgan fingerprint density at radius 1 is 1.00 bits per heavy atom. The van der Waals surface area contributed by atoms with Crippen molar-refractivity contribution in [3.63, 3.8) is 0 Å². The van der Waals surface area contributed by atoms with E-state index < -0.39 is 17.5 Å². The largest absolute Gasteiger partial charge is 0.348 e. The van der Waals surface area contributed by atoms with E-state index >= 15 is 4.39 Å². The Hall–Kier alpha value is -4.33. The molecule has 0 radical (unpaired) electrons.